The second-order valence-corrected chi connectivity index (χ2v) is 5.25. The summed E-state index contributed by atoms with van der Waals surface area (Å²) in [5.41, 5.74) is 1.25. The van der Waals surface area contributed by atoms with Gasteiger partial charge in [-0.15, -0.1) is 0 Å². The molecule has 88 valence electrons. The zero-order valence-electron chi connectivity index (χ0n) is 9.69. The molecule has 0 saturated carbocycles. The Morgan fingerprint density at radius 2 is 2.25 bits per heavy atom. The van der Waals surface area contributed by atoms with Gasteiger partial charge in [-0.25, -0.2) is 0 Å². The molecule has 1 aromatic rings. The first-order valence-electron chi connectivity index (χ1n) is 5.79. The van der Waals surface area contributed by atoms with Gasteiger partial charge in [-0.3, -0.25) is 0 Å². The number of hydrogen-bond donors (Lipinski definition) is 1. The number of thioether (sulfide) groups is 1. The standard InChI is InChI=1S/C13H19NOS/c1-15-13(11-5-3-2-4-6-11)9-14-12-7-8-16-10-12/h2-6,12-14H,7-10H2,1H3. The first kappa shape index (κ1) is 12.0. The summed E-state index contributed by atoms with van der Waals surface area (Å²) in [4.78, 5) is 0. The van der Waals surface area contributed by atoms with Gasteiger partial charge in [-0.2, -0.15) is 11.8 Å². The summed E-state index contributed by atoms with van der Waals surface area (Å²) in [6.45, 7) is 0.908. The summed E-state index contributed by atoms with van der Waals surface area (Å²) in [6, 6.07) is 11.1. The van der Waals surface area contributed by atoms with E-state index in [-0.39, 0.29) is 6.10 Å². The van der Waals surface area contributed by atoms with Gasteiger partial charge in [0.05, 0.1) is 6.10 Å². The van der Waals surface area contributed by atoms with E-state index in [2.05, 4.69) is 29.6 Å². The Morgan fingerprint density at radius 3 is 2.88 bits per heavy atom. The van der Waals surface area contributed by atoms with Crippen LogP contribution in [0.5, 0.6) is 0 Å². The molecular weight excluding hydrogens is 218 g/mol. The van der Waals surface area contributed by atoms with Crippen molar-refractivity contribution in [3.8, 4) is 0 Å². The third-order valence-corrected chi connectivity index (χ3v) is 4.14. The maximum atomic E-state index is 5.53. The molecule has 0 bridgehead atoms. The van der Waals surface area contributed by atoms with Gasteiger partial charge in [0.15, 0.2) is 0 Å². The van der Waals surface area contributed by atoms with Crippen molar-refractivity contribution in [2.75, 3.05) is 25.2 Å². The Hall–Kier alpha value is -0.510. The van der Waals surface area contributed by atoms with Crippen molar-refractivity contribution in [1.82, 2.24) is 5.32 Å². The number of nitrogens with one attached hydrogen (secondary N) is 1. The number of benzene rings is 1. The lowest BCUT2D eigenvalue weighted by molar-refractivity contribution is 0.100. The van der Waals surface area contributed by atoms with Crippen molar-refractivity contribution in [1.29, 1.82) is 0 Å². The molecule has 1 N–H and O–H groups in total. The Balaban J connectivity index is 1.85. The SMILES string of the molecule is COC(CNC1CCSC1)c1ccccc1. The van der Waals surface area contributed by atoms with Gasteiger partial charge in [0, 0.05) is 25.4 Å². The zero-order chi connectivity index (χ0) is 11.2. The molecule has 16 heavy (non-hydrogen) atoms. The van der Waals surface area contributed by atoms with E-state index >= 15 is 0 Å². The van der Waals surface area contributed by atoms with Gasteiger partial charge < -0.3 is 10.1 Å². The third kappa shape index (κ3) is 3.24. The first-order chi connectivity index (χ1) is 7.90. The molecule has 2 rings (SSSR count). The van der Waals surface area contributed by atoms with Crippen LogP contribution in [0.4, 0.5) is 0 Å². The van der Waals surface area contributed by atoms with Crippen molar-refractivity contribution in [2.45, 2.75) is 18.6 Å². The van der Waals surface area contributed by atoms with Crippen molar-refractivity contribution in [3.05, 3.63) is 35.9 Å². The Kier molecular flexibility index (Phi) is 4.69. The van der Waals surface area contributed by atoms with E-state index in [1.165, 1.54) is 23.5 Å². The molecule has 1 aromatic carbocycles. The molecule has 0 aliphatic carbocycles. The van der Waals surface area contributed by atoms with Gasteiger partial charge in [0.2, 0.25) is 0 Å². The minimum Gasteiger partial charge on any atom is -0.375 e. The molecule has 0 radical (unpaired) electrons. The monoisotopic (exact) mass is 237 g/mol. The number of hydrogen-bond acceptors (Lipinski definition) is 3. The second-order valence-electron chi connectivity index (χ2n) is 4.10. The van der Waals surface area contributed by atoms with Crippen molar-refractivity contribution in [2.24, 2.45) is 0 Å². The normalized spacial score (nSPS) is 22.2. The molecule has 1 heterocycles. The fourth-order valence-corrected chi connectivity index (χ4v) is 3.16. The van der Waals surface area contributed by atoms with Crippen LogP contribution in [0.15, 0.2) is 30.3 Å². The summed E-state index contributed by atoms with van der Waals surface area (Å²) < 4.78 is 5.53. The summed E-state index contributed by atoms with van der Waals surface area (Å²) >= 11 is 2.03. The molecular formula is C13H19NOS. The molecule has 0 aromatic heterocycles. The molecule has 0 amide bonds. The molecule has 2 unspecified atom stereocenters. The van der Waals surface area contributed by atoms with Crippen LogP contribution >= 0.6 is 11.8 Å². The number of rotatable bonds is 5. The molecule has 1 aliphatic heterocycles. The first-order valence-corrected chi connectivity index (χ1v) is 6.94. The predicted octanol–water partition coefficient (Wildman–Crippen LogP) is 2.47. The molecule has 0 spiro atoms. The third-order valence-electron chi connectivity index (χ3n) is 2.98. The van der Waals surface area contributed by atoms with Crippen LogP contribution in [0.25, 0.3) is 0 Å². The molecule has 2 atom stereocenters. The average Bonchev–Trinajstić information content (AvgIpc) is 2.84. The summed E-state index contributed by atoms with van der Waals surface area (Å²) in [7, 11) is 1.78. The highest BCUT2D eigenvalue weighted by Crippen LogP contribution is 2.19. The van der Waals surface area contributed by atoms with Crippen LogP contribution in [-0.2, 0) is 4.74 Å². The van der Waals surface area contributed by atoms with Crippen LogP contribution < -0.4 is 5.32 Å². The topological polar surface area (TPSA) is 21.3 Å². The lowest BCUT2D eigenvalue weighted by Gasteiger charge is -2.19. The zero-order valence-corrected chi connectivity index (χ0v) is 10.5. The van der Waals surface area contributed by atoms with Crippen LogP contribution in [-0.4, -0.2) is 31.2 Å². The fraction of sp³-hybridized carbons (Fsp3) is 0.538. The number of ether oxygens (including phenoxy) is 1. The Bertz CT molecular complexity index is 298. The fourth-order valence-electron chi connectivity index (χ4n) is 1.97. The van der Waals surface area contributed by atoms with Gasteiger partial charge in [-0.1, -0.05) is 30.3 Å². The second kappa shape index (κ2) is 6.28. The molecule has 2 nitrogen and oxygen atoms in total. The summed E-state index contributed by atoms with van der Waals surface area (Å²) in [5.74, 6) is 2.53. The summed E-state index contributed by atoms with van der Waals surface area (Å²) in [6.07, 6.45) is 1.46. The average molecular weight is 237 g/mol. The minimum absolute atomic E-state index is 0.173. The quantitative estimate of drug-likeness (QED) is 0.850. The van der Waals surface area contributed by atoms with E-state index in [4.69, 9.17) is 4.74 Å². The Morgan fingerprint density at radius 1 is 1.44 bits per heavy atom. The van der Waals surface area contributed by atoms with E-state index in [0.717, 1.165) is 6.54 Å². The van der Waals surface area contributed by atoms with Crippen molar-refractivity contribution >= 4 is 11.8 Å². The smallest absolute Gasteiger partial charge is 0.0945 e. The number of methoxy groups -OCH3 is 1. The van der Waals surface area contributed by atoms with Gasteiger partial charge in [-0.05, 0) is 17.7 Å². The lowest BCUT2D eigenvalue weighted by Crippen LogP contribution is -2.33. The maximum absolute atomic E-state index is 5.53. The van der Waals surface area contributed by atoms with E-state index in [1.54, 1.807) is 7.11 Å². The summed E-state index contributed by atoms with van der Waals surface area (Å²) in [5, 5.41) is 3.59. The van der Waals surface area contributed by atoms with Gasteiger partial charge in [0.25, 0.3) is 0 Å². The van der Waals surface area contributed by atoms with Crippen molar-refractivity contribution < 1.29 is 4.74 Å². The van der Waals surface area contributed by atoms with Crippen LogP contribution in [0.3, 0.4) is 0 Å². The predicted molar refractivity (Wildman–Crippen MR) is 69.9 cm³/mol. The van der Waals surface area contributed by atoms with Crippen LogP contribution in [0.2, 0.25) is 0 Å². The molecule has 1 saturated heterocycles. The van der Waals surface area contributed by atoms with E-state index in [0.29, 0.717) is 6.04 Å². The highest BCUT2D eigenvalue weighted by Gasteiger charge is 2.17. The molecule has 3 heteroatoms. The largest absolute Gasteiger partial charge is 0.375 e. The van der Waals surface area contributed by atoms with E-state index in [9.17, 15) is 0 Å². The maximum Gasteiger partial charge on any atom is 0.0945 e. The van der Waals surface area contributed by atoms with Gasteiger partial charge >= 0.3 is 0 Å². The molecule has 1 fully saturated rings. The Labute approximate surface area is 102 Å². The van der Waals surface area contributed by atoms with Crippen LogP contribution in [0, 0.1) is 0 Å². The van der Waals surface area contributed by atoms with E-state index < -0.39 is 0 Å². The van der Waals surface area contributed by atoms with E-state index in [1.807, 2.05) is 17.8 Å². The minimum atomic E-state index is 0.173. The van der Waals surface area contributed by atoms with Crippen LogP contribution in [0.1, 0.15) is 18.1 Å². The lowest BCUT2D eigenvalue weighted by atomic mass is 10.1. The molecule has 1 aliphatic rings. The van der Waals surface area contributed by atoms with Gasteiger partial charge in [0.1, 0.15) is 0 Å². The highest BCUT2D eigenvalue weighted by atomic mass is 32.2. The highest BCUT2D eigenvalue weighted by molar-refractivity contribution is 7.99. The van der Waals surface area contributed by atoms with Crippen molar-refractivity contribution in [3.63, 3.8) is 0 Å².